The Bertz CT molecular complexity index is 3330. The van der Waals surface area contributed by atoms with E-state index in [1.807, 2.05) is 0 Å². The van der Waals surface area contributed by atoms with Gasteiger partial charge in [0.05, 0.1) is 48.1 Å². The van der Waals surface area contributed by atoms with Crippen LogP contribution in [0.4, 0.5) is 0 Å². The van der Waals surface area contributed by atoms with Gasteiger partial charge in [-0.15, -0.1) is 0 Å². The molecule has 4 aliphatic rings. The maximum Gasteiger partial charge on any atom is 0.338 e. The molecule has 1 unspecified atom stereocenters. The average molecular weight is 1310 g/mol. The Kier molecular flexibility index (Phi) is 23.8. The summed E-state index contributed by atoms with van der Waals surface area (Å²) in [5.41, 5.74) is -2.97. The Hall–Kier alpha value is -8.51. The molecule has 2 bridgehead atoms. The summed E-state index contributed by atoms with van der Waals surface area (Å²) in [6.07, 6.45) is -15.9. The molecule has 1 heterocycles. The number of carbonyl (C=O) groups is 11. The third kappa shape index (κ3) is 16.2. The molecule has 15 atom stereocenters. The molecule has 1 saturated heterocycles. The molecule has 0 spiro atoms. The molecule has 3 aliphatic carbocycles. The molecular formula is C66H84N6O22. The Balaban J connectivity index is 1.20. The van der Waals surface area contributed by atoms with E-state index >= 15 is 4.79 Å². The molecule has 28 nitrogen and oxygen atoms in total. The first-order valence-electron chi connectivity index (χ1n) is 30.9. The van der Waals surface area contributed by atoms with Gasteiger partial charge in [0, 0.05) is 63.6 Å². The van der Waals surface area contributed by atoms with Gasteiger partial charge in [0.2, 0.25) is 23.6 Å². The minimum absolute atomic E-state index is 0.0219. The van der Waals surface area contributed by atoms with Gasteiger partial charge in [-0.2, -0.15) is 0 Å². The standard InChI is InChI=1S/C66H84N6O22/c1-34-44(91-62(87)52(80)51(39-19-12-9-13-20-39)72-59(84)40-21-14-10-15-22-40)31-66(88)56(93-61(86)41-23-16-11-17-24-41)54-64(8,55(81)53(90-37(4)73)50(34)63(66,6)7)45(30-46-65(54,33-89-46)94-38(5)74)92-49(79)25-18-28-68-60(85)43(29-47(67)76)71-58(83)36(3)70-57(82)35(2)69-32-42(75)26-27-48(77)78/h9-17,19-24,35-36,42-46,48,51-54,56,69,75,77-78,80,88H,18,25-33H2,1-8H3,(H2,67,76)(H,68,85)(H,70,82)(H,71,83)(H,72,84)/t35-,36-,42+,43-,44+,45+,46-,51+,52-,53-,54?,56+,64-,65+,66-/m1/s1. The lowest BCUT2D eigenvalue weighted by atomic mass is 9.44. The highest BCUT2D eigenvalue weighted by molar-refractivity contribution is 5.97. The first-order valence-corrected chi connectivity index (χ1v) is 30.9. The second-order valence-electron chi connectivity index (χ2n) is 25.0. The fourth-order valence-corrected chi connectivity index (χ4v) is 13.1. The van der Waals surface area contributed by atoms with Gasteiger partial charge in [-0.05, 0) is 81.5 Å². The van der Waals surface area contributed by atoms with Crippen molar-refractivity contribution in [2.75, 3.05) is 19.7 Å². The maximum atomic E-state index is 16.4. The van der Waals surface area contributed by atoms with E-state index in [0.717, 1.165) is 13.8 Å². The van der Waals surface area contributed by atoms with E-state index in [2.05, 4.69) is 26.6 Å². The van der Waals surface area contributed by atoms with E-state index in [1.54, 1.807) is 54.6 Å². The molecule has 94 heavy (non-hydrogen) atoms. The number of primary amides is 1. The minimum Gasteiger partial charge on any atom is -0.461 e. The molecule has 28 heteroatoms. The fourth-order valence-electron chi connectivity index (χ4n) is 13.1. The first kappa shape index (κ1) is 72.9. The summed E-state index contributed by atoms with van der Waals surface area (Å²) in [5.74, 6) is -12.2. The lowest BCUT2D eigenvalue weighted by Gasteiger charge is -2.67. The zero-order valence-corrected chi connectivity index (χ0v) is 53.5. The third-order valence-electron chi connectivity index (χ3n) is 18.2. The van der Waals surface area contributed by atoms with Gasteiger partial charge >= 0.3 is 29.8 Å². The summed E-state index contributed by atoms with van der Waals surface area (Å²) in [4.78, 5) is 153. The predicted octanol–water partition coefficient (Wildman–Crippen LogP) is 0.478. The highest BCUT2D eigenvalue weighted by Crippen LogP contribution is 2.65. The second-order valence-corrected chi connectivity index (χ2v) is 25.0. The number of carbonyl (C=O) groups excluding carboxylic acids is 11. The van der Waals surface area contributed by atoms with Gasteiger partial charge in [-0.3, -0.25) is 43.2 Å². The number of hydrogen-bond donors (Lipinski definition) is 11. The predicted molar refractivity (Wildman–Crippen MR) is 328 cm³/mol. The monoisotopic (exact) mass is 1310 g/mol. The molecule has 1 aliphatic heterocycles. The summed E-state index contributed by atoms with van der Waals surface area (Å²) in [5, 5.41) is 67.2. The molecule has 510 valence electrons. The highest BCUT2D eigenvalue weighted by Gasteiger charge is 2.79. The van der Waals surface area contributed by atoms with Crippen LogP contribution in [0, 0.1) is 16.7 Å². The van der Waals surface area contributed by atoms with Crippen LogP contribution in [0.2, 0.25) is 0 Å². The van der Waals surface area contributed by atoms with Gasteiger partial charge in [-0.25, -0.2) is 9.59 Å². The number of nitrogens with two attached hydrogens (primary N) is 1. The number of amides is 5. The first-order chi connectivity index (χ1) is 44.3. The quantitative estimate of drug-likeness (QED) is 0.0155. The average Bonchev–Trinajstić information content (AvgIpc) is 0.669. The van der Waals surface area contributed by atoms with Crippen molar-refractivity contribution < 1.29 is 107 Å². The van der Waals surface area contributed by atoms with Crippen LogP contribution in [-0.2, 0) is 71.6 Å². The number of ketones is 1. The van der Waals surface area contributed by atoms with Crippen molar-refractivity contribution in [1.82, 2.24) is 26.6 Å². The molecule has 2 saturated carbocycles. The van der Waals surface area contributed by atoms with Crippen molar-refractivity contribution in [3.05, 3.63) is 119 Å². The molecule has 12 N–H and O–H groups in total. The lowest BCUT2D eigenvalue weighted by Crippen LogP contribution is -2.82. The summed E-state index contributed by atoms with van der Waals surface area (Å²) in [6.45, 7) is 9.76. The van der Waals surface area contributed by atoms with Crippen LogP contribution in [0.15, 0.2) is 102 Å². The SMILES string of the molecule is CC(=O)O[C@H]1C(=O)[C@@]2(C)C([C@H](OC(=O)c3ccccc3)[C@]3(O)C[C@H](OC(=O)[C@H](O)[C@@H](NC(=O)c4ccccc4)c4ccccc4)C(C)=C1C3(C)C)[C@]1(OC(C)=O)CO[C@@H]1C[C@@H]2OC(=O)CCCNC(=O)[C@@H](CC(N)=O)NC(=O)[C@@H](C)NC(=O)[C@@H](C)NC[C@@H](O)CCC(O)O. The van der Waals surface area contributed by atoms with Gasteiger partial charge in [-0.1, -0.05) is 80.6 Å². The Labute approximate surface area is 542 Å². The normalized spacial score (nSPS) is 26.2. The van der Waals surface area contributed by atoms with Crippen molar-refractivity contribution >= 4 is 65.2 Å². The Morgan fingerprint density at radius 1 is 0.734 bits per heavy atom. The van der Waals surface area contributed by atoms with Crippen molar-refractivity contribution in [1.29, 1.82) is 0 Å². The van der Waals surface area contributed by atoms with Crippen molar-refractivity contribution in [3.8, 4) is 0 Å². The van der Waals surface area contributed by atoms with Crippen LogP contribution in [-0.4, -0.2) is 189 Å². The van der Waals surface area contributed by atoms with E-state index in [0.29, 0.717) is 5.56 Å². The van der Waals surface area contributed by atoms with Crippen molar-refractivity contribution in [2.24, 2.45) is 22.5 Å². The minimum atomic E-state index is -2.60. The number of fused-ring (bicyclic) bond motifs is 5. The number of aliphatic hydroxyl groups excluding tert-OH is 3. The van der Waals surface area contributed by atoms with Crippen LogP contribution in [0.1, 0.15) is 133 Å². The van der Waals surface area contributed by atoms with Gasteiger partial charge in [0.15, 0.2) is 29.9 Å². The van der Waals surface area contributed by atoms with Gasteiger partial charge in [0.1, 0.15) is 42.1 Å². The topological polar surface area (TPSA) is 430 Å². The van der Waals surface area contributed by atoms with Gasteiger partial charge in [0.25, 0.3) is 5.91 Å². The molecule has 0 aromatic heterocycles. The number of aliphatic hydroxyl groups is 5. The van der Waals surface area contributed by atoms with E-state index in [-0.39, 0.29) is 61.0 Å². The smallest absolute Gasteiger partial charge is 0.338 e. The Morgan fingerprint density at radius 2 is 1.34 bits per heavy atom. The number of ether oxygens (including phenoxy) is 6. The van der Waals surface area contributed by atoms with Crippen LogP contribution in [0.5, 0.6) is 0 Å². The number of rotatable bonds is 28. The van der Waals surface area contributed by atoms with Gasteiger partial charge < -0.3 is 86.3 Å². The number of hydrogen-bond acceptors (Lipinski definition) is 23. The zero-order chi connectivity index (χ0) is 69.2. The summed E-state index contributed by atoms with van der Waals surface area (Å²) in [7, 11) is 0. The molecule has 3 aromatic carbocycles. The second kappa shape index (κ2) is 30.7. The van der Waals surface area contributed by atoms with Crippen LogP contribution in [0.25, 0.3) is 0 Å². The van der Waals surface area contributed by atoms with E-state index in [9.17, 15) is 63.3 Å². The van der Waals surface area contributed by atoms with Crippen LogP contribution in [0.3, 0.4) is 0 Å². The fraction of sp³-hybridized carbons (Fsp3) is 0.530. The largest absolute Gasteiger partial charge is 0.461 e. The number of Topliss-reactive ketones (excluding diaryl/α,β-unsaturated/α-hetero) is 1. The maximum absolute atomic E-state index is 16.4. The van der Waals surface area contributed by atoms with E-state index in [4.69, 9.17) is 44.4 Å². The number of nitrogens with one attached hydrogen (secondary N) is 5. The van der Waals surface area contributed by atoms with E-state index in [1.165, 1.54) is 77.9 Å². The molecule has 3 aromatic rings. The molecule has 7 rings (SSSR count). The molecule has 5 amide bonds. The van der Waals surface area contributed by atoms with Crippen LogP contribution < -0.4 is 32.3 Å². The Morgan fingerprint density at radius 3 is 1.91 bits per heavy atom. The molecule has 0 radical (unpaired) electrons. The molecule has 3 fully saturated rings. The summed E-state index contributed by atoms with van der Waals surface area (Å²) in [6, 6.07) is 18.4. The lowest BCUT2D eigenvalue weighted by molar-refractivity contribution is -0.346. The zero-order valence-electron chi connectivity index (χ0n) is 53.5. The molecular weight excluding hydrogens is 1230 g/mol. The number of esters is 5. The van der Waals surface area contributed by atoms with Crippen molar-refractivity contribution in [3.63, 3.8) is 0 Å². The number of benzene rings is 3. The summed E-state index contributed by atoms with van der Waals surface area (Å²) < 4.78 is 37.4. The highest BCUT2D eigenvalue weighted by atomic mass is 16.6. The van der Waals surface area contributed by atoms with Crippen LogP contribution >= 0.6 is 0 Å². The third-order valence-corrected chi connectivity index (χ3v) is 18.2. The van der Waals surface area contributed by atoms with Crippen molar-refractivity contribution in [2.45, 2.75) is 185 Å². The summed E-state index contributed by atoms with van der Waals surface area (Å²) >= 11 is 0. The van der Waals surface area contributed by atoms with E-state index < -0.39 is 192 Å².